The third-order valence-electron chi connectivity index (χ3n) is 6.74. The molecule has 0 saturated carbocycles. The van der Waals surface area contributed by atoms with Crippen LogP contribution in [0.5, 0.6) is 5.88 Å². The van der Waals surface area contributed by atoms with Crippen LogP contribution in [0.4, 0.5) is 13.2 Å². The van der Waals surface area contributed by atoms with E-state index in [1.807, 2.05) is 53.6 Å². The van der Waals surface area contributed by atoms with E-state index in [0.717, 1.165) is 23.5 Å². The molecule has 1 unspecified atom stereocenters. The predicted octanol–water partition coefficient (Wildman–Crippen LogP) is 5.64. The van der Waals surface area contributed by atoms with E-state index in [4.69, 9.17) is 9.84 Å². The van der Waals surface area contributed by atoms with Crippen LogP contribution < -0.4 is 4.74 Å². The van der Waals surface area contributed by atoms with Crippen molar-refractivity contribution < 1.29 is 17.9 Å². The topological polar surface area (TPSA) is 57.8 Å². The van der Waals surface area contributed by atoms with Gasteiger partial charge < -0.3 is 9.30 Å². The molecule has 0 aromatic carbocycles. The standard InChI is InChI=1S/C25H26F3N5O/c1-15-6-4-8-18(25(26,27)28)23(15)17-7-5-11-33-22(17)12-20(31-33)19-9-10-21(24(30-19)34-3)32-13-16(2)29-14-32/h4,6,8-10,12-15,17,23H,5,7,11H2,1-3H3/t15-,17+,23?/m1/s1. The van der Waals surface area contributed by atoms with Crippen molar-refractivity contribution in [3.63, 3.8) is 0 Å². The summed E-state index contributed by atoms with van der Waals surface area (Å²) in [5, 5.41) is 4.72. The molecule has 0 fully saturated rings. The number of nitrogens with zero attached hydrogens (tertiary/aromatic N) is 5. The Balaban J connectivity index is 1.52. The van der Waals surface area contributed by atoms with Gasteiger partial charge in [0.25, 0.3) is 0 Å². The summed E-state index contributed by atoms with van der Waals surface area (Å²) in [5.41, 5.74) is 3.24. The van der Waals surface area contributed by atoms with Crippen molar-refractivity contribution >= 4 is 0 Å². The van der Waals surface area contributed by atoms with Gasteiger partial charge in [-0.25, -0.2) is 9.97 Å². The minimum absolute atomic E-state index is 0.215. The highest BCUT2D eigenvalue weighted by Gasteiger charge is 2.45. The third-order valence-corrected chi connectivity index (χ3v) is 6.74. The quantitative estimate of drug-likeness (QED) is 0.497. The largest absolute Gasteiger partial charge is 0.479 e. The van der Waals surface area contributed by atoms with Crippen molar-refractivity contribution in [3.05, 3.63) is 65.9 Å². The van der Waals surface area contributed by atoms with Crippen molar-refractivity contribution in [2.75, 3.05) is 7.11 Å². The Kier molecular flexibility index (Phi) is 5.58. The van der Waals surface area contributed by atoms with Crippen LogP contribution in [0, 0.1) is 18.8 Å². The number of aryl methyl sites for hydroxylation is 2. The minimum atomic E-state index is -4.36. The maximum absolute atomic E-state index is 13.9. The Morgan fingerprint density at radius 3 is 2.71 bits per heavy atom. The van der Waals surface area contributed by atoms with E-state index in [1.165, 1.54) is 12.2 Å². The van der Waals surface area contributed by atoms with Gasteiger partial charge in [0, 0.05) is 35.8 Å². The number of methoxy groups -OCH3 is 1. The van der Waals surface area contributed by atoms with Crippen molar-refractivity contribution in [1.29, 1.82) is 0 Å². The van der Waals surface area contributed by atoms with Gasteiger partial charge in [-0.2, -0.15) is 18.3 Å². The molecule has 5 rings (SSSR count). The highest BCUT2D eigenvalue weighted by atomic mass is 19.4. The maximum atomic E-state index is 13.9. The molecule has 0 N–H and O–H groups in total. The monoisotopic (exact) mass is 469 g/mol. The number of halogens is 3. The average Bonchev–Trinajstić information content (AvgIpc) is 3.44. The highest BCUT2D eigenvalue weighted by molar-refractivity contribution is 5.59. The second-order valence-corrected chi connectivity index (χ2v) is 8.96. The average molecular weight is 470 g/mol. The molecule has 0 bridgehead atoms. The molecule has 0 spiro atoms. The normalized spacial score (nSPS) is 22.4. The maximum Gasteiger partial charge on any atom is 0.413 e. The first-order valence-corrected chi connectivity index (χ1v) is 11.4. The summed E-state index contributed by atoms with van der Waals surface area (Å²) in [4.78, 5) is 8.90. The van der Waals surface area contributed by atoms with Gasteiger partial charge in [-0.15, -0.1) is 0 Å². The zero-order chi connectivity index (χ0) is 24.0. The summed E-state index contributed by atoms with van der Waals surface area (Å²) in [6.45, 7) is 4.44. The van der Waals surface area contributed by atoms with E-state index in [1.54, 1.807) is 13.4 Å². The first-order chi connectivity index (χ1) is 16.3. The Labute approximate surface area is 195 Å². The summed E-state index contributed by atoms with van der Waals surface area (Å²) in [5.74, 6) is -0.695. The van der Waals surface area contributed by atoms with Crippen LogP contribution in [-0.2, 0) is 6.54 Å². The molecule has 0 amide bonds. The molecule has 3 atom stereocenters. The fraction of sp³-hybridized carbons (Fsp3) is 0.400. The van der Waals surface area contributed by atoms with Crippen LogP contribution in [0.3, 0.4) is 0 Å². The molecular formula is C25H26F3N5O. The van der Waals surface area contributed by atoms with Crippen LogP contribution in [0.15, 0.2) is 54.5 Å². The number of fused-ring (bicyclic) bond motifs is 1. The summed E-state index contributed by atoms with van der Waals surface area (Å²) in [6, 6.07) is 5.63. The predicted molar refractivity (Wildman–Crippen MR) is 122 cm³/mol. The molecule has 178 valence electrons. The Bertz CT molecular complexity index is 1270. The van der Waals surface area contributed by atoms with Crippen molar-refractivity contribution in [2.45, 2.75) is 45.3 Å². The summed E-state index contributed by atoms with van der Waals surface area (Å²) in [6.07, 6.45) is 5.30. The molecule has 34 heavy (non-hydrogen) atoms. The second kappa shape index (κ2) is 8.45. The van der Waals surface area contributed by atoms with Crippen LogP contribution in [-0.4, -0.2) is 37.6 Å². The Hall–Kier alpha value is -3.36. The van der Waals surface area contributed by atoms with Crippen molar-refractivity contribution in [2.24, 2.45) is 11.8 Å². The lowest BCUT2D eigenvalue weighted by molar-refractivity contribution is -0.103. The van der Waals surface area contributed by atoms with E-state index in [0.29, 0.717) is 30.2 Å². The zero-order valence-electron chi connectivity index (χ0n) is 19.3. The van der Waals surface area contributed by atoms with Gasteiger partial charge in [-0.3, -0.25) is 4.68 Å². The van der Waals surface area contributed by atoms with Crippen molar-refractivity contribution in [3.8, 4) is 23.0 Å². The Morgan fingerprint density at radius 1 is 1.18 bits per heavy atom. The number of ether oxygens (including phenoxy) is 1. The van der Waals surface area contributed by atoms with Crippen molar-refractivity contribution in [1.82, 2.24) is 24.3 Å². The highest BCUT2D eigenvalue weighted by Crippen LogP contribution is 2.48. The molecule has 4 heterocycles. The molecule has 9 heteroatoms. The lowest BCUT2D eigenvalue weighted by Gasteiger charge is -2.37. The SMILES string of the molecule is COc1nc(-c2cc3n(n2)CCC[C@@H]3C2C(C(F)(F)F)=CC=C[C@H]2C)ccc1-n1cnc(C)c1. The molecule has 3 aromatic rings. The molecule has 6 nitrogen and oxygen atoms in total. The molecule has 1 aliphatic carbocycles. The van der Waals surface area contributed by atoms with E-state index in [2.05, 4.69) is 9.97 Å². The van der Waals surface area contributed by atoms with Crippen LogP contribution in [0.2, 0.25) is 0 Å². The summed E-state index contributed by atoms with van der Waals surface area (Å²) in [7, 11) is 1.55. The fourth-order valence-corrected chi connectivity index (χ4v) is 5.20. The van der Waals surface area contributed by atoms with Crippen LogP contribution >= 0.6 is 0 Å². The van der Waals surface area contributed by atoms with Gasteiger partial charge in [-0.1, -0.05) is 25.2 Å². The summed E-state index contributed by atoms with van der Waals surface area (Å²) >= 11 is 0. The fourth-order valence-electron chi connectivity index (χ4n) is 5.20. The number of hydrogen-bond acceptors (Lipinski definition) is 4. The van der Waals surface area contributed by atoms with Gasteiger partial charge >= 0.3 is 6.18 Å². The van der Waals surface area contributed by atoms with E-state index in [-0.39, 0.29) is 11.8 Å². The van der Waals surface area contributed by atoms with E-state index in [9.17, 15) is 13.2 Å². The lowest BCUT2D eigenvalue weighted by atomic mass is 9.71. The molecular weight excluding hydrogens is 443 g/mol. The number of allylic oxidation sites excluding steroid dienone is 4. The smallest absolute Gasteiger partial charge is 0.413 e. The number of imidazole rings is 1. The van der Waals surface area contributed by atoms with E-state index >= 15 is 0 Å². The van der Waals surface area contributed by atoms with Gasteiger partial charge in [0.1, 0.15) is 11.4 Å². The number of alkyl halides is 3. The third kappa shape index (κ3) is 3.93. The van der Waals surface area contributed by atoms with Gasteiger partial charge in [0.15, 0.2) is 0 Å². The number of hydrogen-bond donors (Lipinski definition) is 0. The zero-order valence-corrected chi connectivity index (χ0v) is 19.3. The number of rotatable bonds is 4. The first kappa shape index (κ1) is 22.4. The Morgan fingerprint density at radius 2 is 2.00 bits per heavy atom. The van der Waals surface area contributed by atoms with E-state index < -0.39 is 17.7 Å². The summed E-state index contributed by atoms with van der Waals surface area (Å²) < 4.78 is 50.8. The van der Waals surface area contributed by atoms with Gasteiger partial charge in [0.2, 0.25) is 5.88 Å². The number of aromatic nitrogens is 5. The molecule has 3 aromatic heterocycles. The van der Waals surface area contributed by atoms with Gasteiger partial charge in [-0.05, 0) is 43.9 Å². The minimum Gasteiger partial charge on any atom is -0.479 e. The molecule has 0 saturated heterocycles. The lowest BCUT2D eigenvalue weighted by Crippen LogP contribution is -2.33. The number of pyridine rings is 1. The van der Waals surface area contributed by atoms with Gasteiger partial charge in [0.05, 0.1) is 24.8 Å². The van der Waals surface area contributed by atoms with Crippen LogP contribution in [0.25, 0.3) is 17.1 Å². The molecule has 1 aliphatic heterocycles. The molecule has 0 radical (unpaired) electrons. The second-order valence-electron chi connectivity index (χ2n) is 8.96. The first-order valence-electron chi connectivity index (χ1n) is 11.4. The van der Waals surface area contributed by atoms with Crippen LogP contribution in [0.1, 0.15) is 37.1 Å². The molecule has 2 aliphatic rings.